The average molecular weight is 544 g/mol. The normalized spacial score (nSPS) is 11.1. The van der Waals surface area contributed by atoms with E-state index in [0.717, 1.165) is 4.31 Å². The average Bonchev–Trinajstić information content (AvgIpc) is 2.95. The van der Waals surface area contributed by atoms with Crippen molar-refractivity contribution in [3.63, 3.8) is 0 Å². The number of anilines is 1. The first-order valence-corrected chi connectivity index (χ1v) is 12.6. The number of hydrogen-bond acceptors (Lipinski definition) is 9. The Labute approximate surface area is 221 Å². The van der Waals surface area contributed by atoms with Crippen LogP contribution in [0.3, 0.4) is 0 Å². The van der Waals surface area contributed by atoms with E-state index in [9.17, 15) is 13.2 Å². The second kappa shape index (κ2) is 12.7. The number of sulfonamides is 1. The molecule has 3 aromatic carbocycles. The van der Waals surface area contributed by atoms with Crippen LogP contribution < -0.4 is 33.4 Å². The van der Waals surface area contributed by atoms with Gasteiger partial charge in [-0.2, -0.15) is 5.10 Å². The van der Waals surface area contributed by atoms with E-state index in [0.29, 0.717) is 28.6 Å². The molecule has 1 N–H and O–H groups in total. The smallest absolute Gasteiger partial charge is 0.264 e. The minimum absolute atomic E-state index is 0.0924. The van der Waals surface area contributed by atoms with Gasteiger partial charge in [0.1, 0.15) is 23.8 Å². The summed E-state index contributed by atoms with van der Waals surface area (Å²) in [6, 6.07) is 15.5. The lowest BCUT2D eigenvalue weighted by atomic mass is 10.2. The predicted octanol–water partition coefficient (Wildman–Crippen LogP) is 3.08. The fraction of sp³-hybridized carbons (Fsp3) is 0.231. The largest absolute Gasteiger partial charge is 0.497 e. The van der Waals surface area contributed by atoms with Gasteiger partial charge in [0.15, 0.2) is 11.5 Å². The van der Waals surface area contributed by atoms with Gasteiger partial charge in [0.2, 0.25) is 0 Å². The van der Waals surface area contributed by atoms with E-state index in [2.05, 4.69) is 10.5 Å². The molecule has 0 heterocycles. The van der Waals surface area contributed by atoms with E-state index >= 15 is 0 Å². The van der Waals surface area contributed by atoms with Gasteiger partial charge in [0.25, 0.3) is 15.9 Å². The fourth-order valence-corrected chi connectivity index (χ4v) is 4.87. The molecule has 0 saturated heterocycles. The molecule has 0 fully saturated rings. The summed E-state index contributed by atoms with van der Waals surface area (Å²) in [6.07, 6.45) is 1.39. The van der Waals surface area contributed by atoms with Crippen molar-refractivity contribution in [1.82, 2.24) is 5.43 Å². The zero-order valence-electron chi connectivity index (χ0n) is 21.6. The first kappa shape index (κ1) is 28.1. The van der Waals surface area contributed by atoms with Crippen molar-refractivity contribution in [3.8, 4) is 28.7 Å². The Bertz CT molecular complexity index is 1390. The predicted molar refractivity (Wildman–Crippen MR) is 142 cm³/mol. The molecule has 3 aromatic rings. The molecule has 3 rings (SSSR count). The standard InChI is InChI=1S/C26H29N3O8S/c1-33-20-10-7-19(8-11-20)29(38(31,32)22-12-13-23(35-3)25(15-22)37-5)17-26(30)28-27-16-18-6-9-21(34-2)14-24(18)36-4/h6-16H,17H2,1-5H3,(H,28,30)/b27-16+. The molecule has 1 amide bonds. The van der Waals surface area contributed by atoms with Crippen molar-refractivity contribution in [1.29, 1.82) is 0 Å². The van der Waals surface area contributed by atoms with Crippen LogP contribution in [0.25, 0.3) is 0 Å². The highest BCUT2D eigenvalue weighted by Gasteiger charge is 2.28. The lowest BCUT2D eigenvalue weighted by Gasteiger charge is -2.24. The summed E-state index contributed by atoms with van der Waals surface area (Å²) in [7, 11) is 3.16. The van der Waals surface area contributed by atoms with Crippen LogP contribution in [0.2, 0.25) is 0 Å². The van der Waals surface area contributed by atoms with E-state index in [1.807, 2.05) is 0 Å². The molecule has 0 bridgehead atoms. The van der Waals surface area contributed by atoms with Gasteiger partial charge in [-0.05, 0) is 48.5 Å². The van der Waals surface area contributed by atoms with Gasteiger partial charge in [-0.15, -0.1) is 0 Å². The second-order valence-electron chi connectivity index (χ2n) is 7.63. The minimum atomic E-state index is -4.21. The van der Waals surface area contributed by atoms with Gasteiger partial charge >= 0.3 is 0 Å². The summed E-state index contributed by atoms with van der Waals surface area (Å²) in [5, 5.41) is 3.96. The number of ether oxygens (including phenoxy) is 5. The van der Waals surface area contributed by atoms with Crippen LogP contribution in [0.15, 0.2) is 70.7 Å². The Balaban J connectivity index is 1.89. The zero-order chi connectivity index (χ0) is 27.7. The highest BCUT2D eigenvalue weighted by Crippen LogP contribution is 2.32. The molecule has 202 valence electrons. The number of carbonyl (C=O) groups is 1. The molecule has 12 heteroatoms. The Morgan fingerprint density at radius 1 is 0.789 bits per heavy atom. The number of carbonyl (C=O) groups excluding carboxylic acids is 1. The number of nitrogens with zero attached hydrogens (tertiary/aromatic N) is 2. The van der Waals surface area contributed by atoms with E-state index in [4.69, 9.17) is 23.7 Å². The van der Waals surface area contributed by atoms with E-state index < -0.39 is 22.5 Å². The highest BCUT2D eigenvalue weighted by atomic mass is 32.2. The van der Waals surface area contributed by atoms with Gasteiger partial charge in [0, 0.05) is 17.7 Å². The number of amides is 1. The molecule has 0 aliphatic rings. The molecule has 0 saturated carbocycles. The number of hydrogen-bond donors (Lipinski definition) is 1. The summed E-state index contributed by atoms with van der Waals surface area (Å²) in [6.45, 7) is -0.555. The molecule has 0 aliphatic heterocycles. The Hall–Kier alpha value is -4.45. The third-order valence-electron chi connectivity index (χ3n) is 5.42. The summed E-state index contributed by atoms with van der Waals surface area (Å²) >= 11 is 0. The maximum atomic E-state index is 13.7. The van der Waals surface area contributed by atoms with Gasteiger partial charge in [-0.25, -0.2) is 13.8 Å². The third-order valence-corrected chi connectivity index (χ3v) is 7.19. The summed E-state index contributed by atoms with van der Waals surface area (Å²) in [4.78, 5) is 12.8. The van der Waals surface area contributed by atoms with Crippen molar-refractivity contribution in [2.45, 2.75) is 4.90 Å². The van der Waals surface area contributed by atoms with Crippen LogP contribution in [0.4, 0.5) is 5.69 Å². The van der Waals surface area contributed by atoms with Gasteiger partial charge in [-0.3, -0.25) is 9.10 Å². The maximum absolute atomic E-state index is 13.7. The van der Waals surface area contributed by atoms with Crippen molar-refractivity contribution in [2.24, 2.45) is 5.10 Å². The molecule has 0 radical (unpaired) electrons. The van der Waals surface area contributed by atoms with Crippen LogP contribution >= 0.6 is 0 Å². The molecule has 0 unspecified atom stereocenters. The van der Waals surface area contributed by atoms with Gasteiger partial charge in [-0.1, -0.05) is 0 Å². The van der Waals surface area contributed by atoms with Crippen molar-refractivity contribution in [2.75, 3.05) is 46.4 Å². The monoisotopic (exact) mass is 543 g/mol. The van der Waals surface area contributed by atoms with Crippen LogP contribution in [0, 0.1) is 0 Å². The third kappa shape index (κ3) is 6.45. The minimum Gasteiger partial charge on any atom is -0.497 e. The van der Waals surface area contributed by atoms with Crippen molar-refractivity contribution < 1.29 is 36.9 Å². The van der Waals surface area contributed by atoms with Crippen LogP contribution in [-0.2, 0) is 14.8 Å². The molecule has 0 aliphatic carbocycles. The zero-order valence-corrected chi connectivity index (χ0v) is 22.4. The molecule has 38 heavy (non-hydrogen) atoms. The van der Waals surface area contributed by atoms with Gasteiger partial charge in [0.05, 0.1) is 52.3 Å². The van der Waals surface area contributed by atoms with E-state index in [1.54, 1.807) is 30.3 Å². The lowest BCUT2D eigenvalue weighted by Crippen LogP contribution is -2.39. The number of nitrogens with one attached hydrogen (secondary N) is 1. The van der Waals surface area contributed by atoms with E-state index in [-0.39, 0.29) is 16.3 Å². The molecule has 0 atom stereocenters. The lowest BCUT2D eigenvalue weighted by molar-refractivity contribution is -0.119. The maximum Gasteiger partial charge on any atom is 0.264 e. The van der Waals surface area contributed by atoms with Gasteiger partial charge < -0.3 is 23.7 Å². The number of benzene rings is 3. The second-order valence-corrected chi connectivity index (χ2v) is 9.49. The van der Waals surface area contributed by atoms with E-state index in [1.165, 1.54) is 72.1 Å². The first-order chi connectivity index (χ1) is 18.3. The van der Waals surface area contributed by atoms with Crippen LogP contribution in [0.1, 0.15) is 5.56 Å². The molecule has 0 aromatic heterocycles. The number of rotatable bonds is 12. The first-order valence-electron chi connectivity index (χ1n) is 11.2. The Kier molecular flexibility index (Phi) is 9.39. The summed E-state index contributed by atoms with van der Waals surface area (Å²) < 4.78 is 54.4. The number of hydrazone groups is 1. The molecule has 0 spiro atoms. The highest BCUT2D eigenvalue weighted by molar-refractivity contribution is 7.92. The summed E-state index contributed by atoms with van der Waals surface area (Å²) in [5.41, 5.74) is 3.20. The summed E-state index contributed by atoms with van der Waals surface area (Å²) in [5.74, 6) is 1.53. The molecule has 11 nitrogen and oxygen atoms in total. The number of methoxy groups -OCH3 is 5. The molecular formula is C26H29N3O8S. The Morgan fingerprint density at radius 2 is 1.42 bits per heavy atom. The van der Waals surface area contributed by atoms with Crippen molar-refractivity contribution >= 4 is 27.8 Å². The van der Waals surface area contributed by atoms with Crippen molar-refractivity contribution in [3.05, 3.63) is 66.2 Å². The van der Waals surface area contributed by atoms with Crippen LogP contribution in [0.5, 0.6) is 28.7 Å². The Morgan fingerprint density at radius 3 is 2.03 bits per heavy atom. The topological polar surface area (TPSA) is 125 Å². The fourth-order valence-electron chi connectivity index (χ4n) is 3.43. The SMILES string of the molecule is COc1ccc(N(CC(=O)N/N=C/c2ccc(OC)cc2OC)S(=O)(=O)c2ccc(OC)c(OC)c2)cc1. The molecular weight excluding hydrogens is 514 g/mol. The quantitative estimate of drug-likeness (QED) is 0.273. The van der Waals surface area contributed by atoms with Crippen LogP contribution in [-0.4, -0.2) is 62.6 Å².